The molecule has 5 rings (SSSR count). The third-order valence-electron chi connectivity index (χ3n) is 7.81. The van der Waals surface area contributed by atoms with E-state index in [4.69, 9.17) is 9.72 Å². The number of carboxylic acids is 1. The van der Waals surface area contributed by atoms with E-state index in [-0.39, 0.29) is 57.4 Å². The van der Waals surface area contributed by atoms with Crippen molar-refractivity contribution in [1.82, 2.24) is 25.1 Å². The number of rotatable bonds is 10. The average molecular weight is 601 g/mol. The molecule has 3 N–H and O–H groups in total. The highest BCUT2D eigenvalue weighted by atomic mass is 16.6. The van der Waals surface area contributed by atoms with Crippen LogP contribution < -0.4 is 10.6 Å². The molecular weight excluding hydrogens is 564 g/mol. The van der Waals surface area contributed by atoms with Crippen molar-refractivity contribution in [1.29, 1.82) is 0 Å². The van der Waals surface area contributed by atoms with Crippen LogP contribution in [0.25, 0.3) is 11.4 Å². The first kappa shape index (κ1) is 30.5. The number of hydrogen-bond donors (Lipinski definition) is 3. The summed E-state index contributed by atoms with van der Waals surface area (Å²) in [6, 6.07) is 18.0. The van der Waals surface area contributed by atoms with Crippen molar-refractivity contribution < 1.29 is 29.0 Å². The third kappa shape index (κ3) is 7.31. The monoisotopic (exact) mass is 600 g/mol. The summed E-state index contributed by atoms with van der Waals surface area (Å²) < 4.78 is 5.05. The Morgan fingerprint density at radius 2 is 1.68 bits per heavy atom. The van der Waals surface area contributed by atoms with Gasteiger partial charge in [0.15, 0.2) is 5.82 Å². The fourth-order valence-corrected chi connectivity index (χ4v) is 5.54. The maximum absolute atomic E-state index is 13.7. The van der Waals surface area contributed by atoms with Crippen LogP contribution in [-0.4, -0.2) is 87.6 Å². The van der Waals surface area contributed by atoms with Crippen LogP contribution in [0.4, 0.5) is 10.6 Å². The molecule has 3 amide bonds. The van der Waals surface area contributed by atoms with E-state index < -0.39 is 29.9 Å². The first-order valence-corrected chi connectivity index (χ1v) is 14.8. The Hall–Kier alpha value is -5.00. The number of hydrogen-bond acceptors (Lipinski definition) is 8. The molecule has 44 heavy (non-hydrogen) atoms. The van der Waals surface area contributed by atoms with Crippen LogP contribution in [0.5, 0.6) is 0 Å². The number of aryl methyl sites for hydroxylation is 1. The van der Waals surface area contributed by atoms with Gasteiger partial charge in [0.1, 0.15) is 17.6 Å². The molecule has 12 heteroatoms. The Labute approximate surface area is 255 Å². The number of benzene rings is 2. The van der Waals surface area contributed by atoms with Gasteiger partial charge in [-0.15, -0.1) is 0 Å². The van der Waals surface area contributed by atoms with Crippen LogP contribution in [0.3, 0.4) is 0 Å². The number of nitrogens with zero attached hydrogens (tertiary/aromatic N) is 4. The number of piperazine rings is 1. The van der Waals surface area contributed by atoms with E-state index >= 15 is 0 Å². The van der Waals surface area contributed by atoms with Gasteiger partial charge in [0, 0.05) is 44.2 Å². The third-order valence-corrected chi connectivity index (χ3v) is 7.81. The van der Waals surface area contributed by atoms with E-state index in [0.29, 0.717) is 11.6 Å². The van der Waals surface area contributed by atoms with Crippen molar-refractivity contribution in [3.8, 4) is 11.4 Å². The standard InChI is InChI=1S/C32H36N6O6/c1-2-44-32(43)38-18-16-37(17-19-38)31(42)25(14-15-28(39)40)35-30(41)26-20-27(36-29(34-26)22-9-4-3-5-10-22)33-24-13-12-21-8-6-7-11-23(21)24/h3-11,20,24-25H,2,12-19H2,1H3,(H,35,41)(H,39,40)(H,33,34,36)/t24?,25-/m0/s1. The molecule has 1 fully saturated rings. The molecule has 2 atom stereocenters. The van der Waals surface area contributed by atoms with Crippen molar-refractivity contribution in [3.05, 3.63) is 77.5 Å². The van der Waals surface area contributed by atoms with Gasteiger partial charge in [0.25, 0.3) is 5.91 Å². The minimum Gasteiger partial charge on any atom is -0.481 e. The maximum Gasteiger partial charge on any atom is 0.409 e. The maximum atomic E-state index is 13.7. The molecular formula is C32H36N6O6. The van der Waals surface area contributed by atoms with Gasteiger partial charge in [0.05, 0.1) is 12.6 Å². The second-order valence-electron chi connectivity index (χ2n) is 10.7. The van der Waals surface area contributed by atoms with Crippen LogP contribution in [0.15, 0.2) is 60.7 Å². The minimum atomic E-state index is -1.10. The quantitative estimate of drug-likeness (QED) is 0.317. The second kappa shape index (κ2) is 14.0. The van der Waals surface area contributed by atoms with Gasteiger partial charge in [-0.2, -0.15) is 0 Å². The van der Waals surface area contributed by atoms with Gasteiger partial charge in [-0.1, -0.05) is 54.6 Å². The Bertz CT molecular complexity index is 1510. The largest absolute Gasteiger partial charge is 0.481 e. The highest BCUT2D eigenvalue weighted by Crippen LogP contribution is 2.33. The van der Waals surface area contributed by atoms with E-state index in [2.05, 4.69) is 27.8 Å². The van der Waals surface area contributed by atoms with Crippen LogP contribution in [0, 0.1) is 0 Å². The Morgan fingerprint density at radius 1 is 0.977 bits per heavy atom. The Balaban J connectivity index is 1.36. The number of fused-ring (bicyclic) bond motifs is 1. The topological polar surface area (TPSA) is 154 Å². The van der Waals surface area contributed by atoms with Crippen molar-refractivity contribution in [2.75, 3.05) is 38.1 Å². The second-order valence-corrected chi connectivity index (χ2v) is 10.7. The summed E-state index contributed by atoms with van der Waals surface area (Å²) in [4.78, 5) is 62.9. The van der Waals surface area contributed by atoms with Crippen LogP contribution in [-0.2, 0) is 20.7 Å². The fraction of sp³-hybridized carbons (Fsp3) is 0.375. The Morgan fingerprint density at radius 3 is 2.41 bits per heavy atom. The zero-order valence-electron chi connectivity index (χ0n) is 24.6. The Kier molecular flexibility index (Phi) is 9.68. The number of amides is 3. The first-order valence-electron chi connectivity index (χ1n) is 14.8. The van der Waals surface area contributed by atoms with E-state index in [0.717, 1.165) is 18.4 Å². The first-order chi connectivity index (χ1) is 21.3. The summed E-state index contributed by atoms with van der Waals surface area (Å²) in [6.45, 7) is 2.99. The van der Waals surface area contributed by atoms with Crippen molar-refractivity contribution in [2.45, 2.75) is 44.7 Å². The molecule has 12 nitrogen and oxygen atoms in total. The average Bonchev–Trinajstić information content (AvgIpc) is 3.45. The van der Waals surface area contributed by atoms with Gasteiger partial charge in [-0.3, -0.25) is 14.4 Å². The van der Waals surface area contributed by atoms with Gasteiger partial charge in [-0.05, 0) is 37.3 Å². The number of anilines is 1. The lowest BCUT2D eigenvalue weighted by Crippen LogP contribution is -2.56. The predicted octanol–water partition coefficient (Wildman–Crippen LogP) is 3.51. The molecule has 1 saturated heterocycles. The number of aromatic nitrogens is 2. The number of carbonyl (C=O) groups excluding carboxylic acids is 3. The van der Waals surface area contributed by atoms with E-state index in [1.54, 1.807) is 13.0 Å². The van der Waals surface area contributed by atoms with Gasteiger partial charge >= 0.3 is 12.1 Å². The molecule has 2 aromatic carbocycles. The number of carbonyl (C=O) groups is 4. The highest BCUT2D eigenvalue weighted by molar-refractivity contribution is 5.97. The summed E-state index contributed by atoms with van der Waals surface area (Å²) in [6.07, 6.45) is 0.948. The molecule has 0 bridgehead atoms. The zero-order chi connectivity index (χ0) is 31.1. The fourth-order valence-electron chi connectivity index (χ4n) is 5.54. The van der Waals surface area contributed by atoms with Gasteiger partial charge in [0.2, 0.25) is 5.91 Å². The molecule has 1 aliphatic heterocycles. The minimum absolute atomic E-state index is 0.0128. The predicted molar refractivity (Wildman–Crippen MR) is 162 cm³/mol. The lowest BCUT2D eigenvalue weighted by molar-refractivity contribution is -0.138. The van der Waals surface area contributed by atoms with E-state index in [1.807, 2.05) is 42.5 Å². The van der Waals surface area contributed by atoms with Crippen LogP contribution in [0.1, 0.15) is 53.8 Å². The smallest absolute Gasteiger partial charge is 0.409 e. The molecule has 3 aromatic rings. The zero-order valence-corrected chi connectivity index (χ0v) is 24.6. The highest BCUT2D eigenvalue weighted by Gasteiger charge is 2.31. The molecule has 230 valence electrons. The lowest BCUT2D eigenvalue weighted by Gasteiger charge is -2.35. The summed E-state index contributed by atoms with van der Waals surface area (Å²) in [7, 11) is 0. The molecule has 0 radical (unpaired) electrons. The molecule has 0 spiro atoms. The summed E-state index contributed by atoms with van der Waals surface area (Å²) >= 11 is 0. The van der Waals surface area contributed by atoms with Gasteiger partial charge < -0.3 is 30.3 Å². The van der Waals surface area contributed by atoms with Gasteiger partial charge in [-0.25, -0.2) is 14.8 Å². The molecule has 2 heterocycles. The summed E-state index contributed by atoms with van der Waals surface area (Å²) in [5.74, 6) is -1.31. The van der Waals surface area contributed by atoms with E-state index in [1.165, 1.54) is 20.9 Å². The van der Waals surface area contributed by atoms with Crippen LogP contribution in [0.2, 0.25) is 0 Å². The number of nitrogens with one attached hydrogen (secondary N) is 2. The normalized spacial score (nSPS) is 16.5. The molecule has 1 unspecified atom stereocenters. The number of ether oxygens (including phenoxy) is 1. The summed E-state index contributed by atoms with van der Waals surface area (Å²) in [5.41, 5.74) is 3.21. The SMILES string of the molecule is CCOC(=O)N1CCN(C(=O)[C@H](CCC(=O)O)NC(=O)c2cc(NC3CCc4ccccc43)nc(-c3ccccc3)n2)CC1. The van der Waals surface area contributed by atoms with Crippen molar-refractivity contribution in [3.63, 3.8) is 0 Å². The van der Waals surface area contributed by atoms with Crippen molar-refractivity contribution >= 4 is 29.7 Å². The molecule has 1 aromatic heterocycles. The van der Waals surface area contributed by atoms with Crippen LogP contribution >= 0.6 is 0 Å². The molecule has 2 aliphatic rings. The van der Waals surface area contributed by atoms with Crippen molar-refractivity contribution in [2.24, 2.45) is 0 Å². The number of carboxylic acid groups (broad SMARTS) is 1. The lowest BCUT2D eigenvalue weighted by atomic mass is 10.1. The molecule has 1 aliphatic carbocycles. The molecule has 0 saturated carbocycles. The van der Waals surface area contributed by atoms with E-state index in [9.17, 15) is 24.3 Å². The summed E-state index contributed by atoms with van der Waals surface area (Å²) in [5, 5.41) is 15.5. The number of aliphatic carboxylic acids is 1.